The van der Waals surface area contributed by atoms with E-state index in [4.69, 9.17) is 14.8 Å². The minimum absolute atomic E-state index is 0.0290. The second-order valence-electron chi connectivity index (χ2n) is 2.92. The first kappa shape index (κ1) is 10.2. The zero-order valence-electron chi connectivity index (χ0n) is 7.77. The van der Waals surface area contributed by atoms with Crippen LogP contribution in [-0.4, -0.2) is 24.3 Å². The lowest BCUT2D eigenvalue weighted by Crippen LogP contribution is -2.30. The van der Waals surface area contributed by atoms with E-state index >= 15 is 0 Å². The molecule has 0 radical (unpaired) electrons. The van der Waals surface area contributed by atoms with Gasteiger partial charge in [0.05, 0.1) is 6.10 Å². The highest BCUT2D eigenvalue weighted by molar-refractivity contribution is 6.58. The molecule has 0 fully saturated rings. The molecular weight excluding hydrogens is 167 g/mol. The Balaban J connectivity index is 2.91. The molecule has 2 N–H and O–H groups in total. The van der Waals surface area contributed by atoms with Gasteiger partial charge in [0.15, 0.2) is 0 Å². The Bertz CT molecular complexity index is 275. The van der Waals surface area contributed by atoms with Gasteiger partial charge in [0.2, 0.25) is 0 Å². The van der Waals surface area contributed by atoms with Gasteiger partial charge in [-0.15, -0.1) is 0 Å². The van der Waals surface area contributed by atoms with Gasteiger partial charge in [-0.05, 0) is 17.9 Å². The van der Waals surface area contributed by atoms with Gasteiger partial charge in [-0.3, -0.25) is 0 Å². The molecule has 1 rings (SSSR count). The summed E-state index contributed by atoms with van der Waals surface area (Å²) in [6.07, 6.45) is -0.0290. The molecule has 0 heterocycles. The van der Waals surface area contributed by atoms with Gasteiger partial charge in [0.25, 0.3) is 0 Å². The van der Waals surface area contributed by atoms with Crippen molar-refractivity contribution < 1.29 is 14.8 Å². The molecule has 4 heteroatoms. The van der Waals surface area contributed by atoms with E-state index in [-0.39, 0.29) is 6.10 Å². The van der Waals surface area contributed by atoms with Crippen LogP contribution in [0.3, 0.4) is 0 Å². The highest BCUT2D eigenvalue weighted by Gasteiger charge is 2.12. The van der Waals surface area contributed by atoms with E-state index in [2.05, 4.69) is 0 Å². The quantitative estimate of drug-likeness (QED) is 0.647. The maximum absolute atomic E-state index is 8.92. The fraction of sp³-hybridized carbons (Fsp3) is 0.333. The van der Waals surface area contributed by atoms with Crippen molar-refractivity contribution in [2.45, 2.75) is 13.0 Å². The molecule has 0 saturated carbocycles. The van der Waals surface area contributed by atoms with Gasteiger partial charge in [0, 0.05) is 7.11 Å². The largest absolute Gasteiger partial charge is 0.488 e. The average molecular weight is 180 g/mol. The molecule has 1 aromatic rings. The van der Waals surface area contributed by atoms with Crippen LogP contribution < -0.4 is 5.46 Å². The Kier molecular flexibility index (Phi) is 3.48. The van der Waals surface area contributed by atoms with Crippen LogP contribution in [0.5, 0.6) is 0 Å². The number of hydrogen-bond acceptors (Lipinski definition) is 3. The smallest absolute Gasteiger partial charge is 0.423 e. The molecule has 13 heavy (non-hydrogen) atoms. The van der Waals surface area contributed by atoms with Gasteiger partial charge in [-0.2, -0.15) is 0 Å². The lowest BCUT2D eigenvalue weighted by Gasteiger charge is -2.10. The molecule has 0 aliphatic carbocycles. The molecule has 0 saturated heterocycles. The van der Waals surface area contributed by atoms with E-state index in [9.17, 15) is 0 Å². The van der Waals surface area contributed by atoms with Crippen LogP contribution in [0.2, 0.25) is 0 Å². The van der Waals surface area contributed by atoms with Gasteiger partial charge in [-0.1, -0.05) is 24.3 Å². The predicted octanol–water partition coefficient (Wildman–Crippen LogP) is 0.0738. The Hall–Kier alpha value is -0.835. The van der Waals surface area contributed by atoms with Gasteiger partial charge in [-0.25, -0.2) is 0 Å². The standard InChI is InChI=1S/C9H13BO3/c1-7(13-2)8-4-3-5-9(6-8)10(11)12/h3-7,11-12H,1-2H3. The molecule has 0 aliphatic rings. The first-order chi connectivity index (χ1) is 6.15. The molecule has 0 aromatic heterocycles. The first-order valence-corrected chi connectivity index (χ1v) is 4.14. The normalized spacial score (nSPS) is 12.6. The molecule has 1 atom stereocenters. The number of rotatable bonds is 3. The molecule has 0 aliphatic heterocycles. The maximum Gasteiger partial charge on any atom is 0.488 e. The Morgan fingerprint density at radius 2 is 2.08 bits per heavy atom. The Morgan fingerprint density at radius 3 is 2.62 bits per heavy atom. The third-order valence-electron chi connectivity index (χ3n) is 2.03. The summed E-state index contributed by atoms with van der Waals surface area (Å²) in [6.45, 7) is 1.91. The van der Waals surface area contributed by atoms with Crippen molar-refractivity contribution in [3.8, 4) is 0 Å². The van der Waals surface area contributed by atoms with Crippen LogP contribution in [0.15, 0.2) is 24.3 Å². The van der Waals surface area contributed by atoms with E-state index in [1.54, 1.807) is 25.3 Å². The van der Waals surface area contributed by atoms with Crippen molar-refractivity contribution in [3.63, 3.8) is 0 Å². The van der Waals surface area contributed by atoms with Crippen LogP contribution in [0, 0.1) is 0 Å². The molecule has 0 spiro atoms. The maximum atomic E-state index is 8.92. The predicted molar refractivity (Wildman–Crippen MR) is 51.7 cm³/mol. The van der Waals surface area contributed by atoms with Crippen LogP contribution in [0.4, 0.5) is 0 Å². The molecule has 1 aromatic carbocycles. The third kappa shape index (κ3) is 2.55. The van der Waals surface area contributed by atoms with Crippen LogP contribution in [0.25, 0.3) is 0 Å². The van der Waals surface area contributed by atoms with Crippen LogP contribution >= 0.6 is 0 Å². The fourth-order valence-electron chi connectivity index (χ4n) is 1.11. The van der Waals surface area contributed by atoms with Crippen LogP contribution in [0.1, 0.15) is 18.6 Å². The fourth-order valence-corrected chi connectivity index (χ4v) is 1.11. The monoisotopic (exact) mass is 180 g/mol. The van der Waals surface area contributed by atoms with Crippen molar-refractivity contribution in [2.75, 3.05) is 7.11 Å². The molecular formula is C9H13BO3. The second kappa shape index (κ2) is 4.41. The van der Waals surface area contributed by atoms with Gasteiger partial charge >= 0.3 is 7.12 Å². The zero-order valence-corrected chi connectivity index (χ0v) is 7.77. The van der Waals surface area contributed by atoms with Crippen LogP contribution in [-0.2, 0) is 4.74 Å². The van der Waals surface area contributed by atoms with Gasteiger partial charge in [0.1, 0.15) is 0 Å². The number of ether oxygens (including phenoxy) is 1. The summed E-state index contributed by atoms with van der Waals surface area (Å²) in [7, 11) is 0.205. The zero-order chi connectivity index (χ0) is 9.84. The summed E-state index contributed by atoms with van der Waals surface area (Å²) in [4.78, 5) is 0. The molecule has 3 nitrogen and oxygen atoms in total. The number of methoxy groups -OCH3 is 1. The van der Waals surface area contributed by atoms with E-state index in [0.717, 1.165) is 5.56 Å². The summed E-state index contributed by atoms with van der Waals surface area (Å²) < 4.78 is 5.11. The van der Waals surface area contributed by atoms with Gasteiger partial charge < -0.3 is 14.8 Å². The molecule has 70 valence electrons. The number of hydrogen-bond donors (Lipinski definition) is 2. The average Bonchev–Trinajstić information content (AvgIpc) is 2.17. The van der Waals surface area contributed by atoms with Crippen molar-refractivity contribution >= 4 is 12.6 Å². The third-order valence-corrected chi connectivity index (χ3v) is 2.03. The Morgan fingerprint density at radius 1 is 1.38 bits per heavy atom. The lowest BCUT2D eigenvalue weighted by molar-refractivity contribution is 0.119. The first-order valence-electron chi connectivity index (χ1n) is 4.14. The van der Waals surface area contributed by atoms with E-state index in [1.807, 2.05) is 13.0 Å². The van der Waals surface area contributed by atoms with Crippen molar-refractivity contribution in [2.24, 2.45) is 0 Å². The molecule has 0 bridgehead atoms. The van der Waals surface area contributed by atoms with E-state index < -0.39 is 7.12 Å². The summed E-state index contributed by atoms with van der Waals surface area (Å²) in [5.41, 5.74) is 1.43. The van der Waals surface area contributed by atoms with E-state index in [0.29, 0.717) is 5.46 Å². The van der Waals surface area contributed by atoms with E-state index in [1.165, 1.54) is 0 Å². The lowest BCUT2D eigenvalue weighted by atomic mass is 9.79. The highest BCUT2D eigenvalue weighted by Crippen LogP contribution is 2.13. The molecule has 1 unspecified atom stereocenters. The highest BCUT2D eigenvalue weighted by atomic mass is 16.5. The number of benzene rings is 1. The summed E-state index contributed by atoms with van der Waals surface area (Å²) in [5.74, 6) is 0. The molecule has 0 amide bonds. The summed E-state index contributed by atoms with van der Waals surface area (Å²) in [5, 5.41) is 17.8. The topological polar surface area (TPSA) is 49.7 Å². The summed E-state index contributed by atoms with van der Waals surface area (Å²) >= 11 is 0. The minimum Gasteiger partial charge on any atom is -0.423 e. The minimum atomic E-state index is -1.41. The summed E-state index contributed by atoms with van der Waals surface area (Å²) in [6, 6.07) is 7.05. The van der Waals surface area contributed by atoms with Crippen molar-refractivity contribution in [3.05, 3.63) is 29.8 Å². The van der Waals surface area contributed by atoms with Crippen molar-refractivity contribution in [1.29, 1.82) is 0 Å². The van der Waals surface area contributed by atoms with Crippen molar-refractivity contribution in [1.82, 2.24) is 0 Å². The Labute approximate surface area is 78.1 Å². The SMILES string of the molecule is COC(C)c1cccc(B(O)O)c1. The second-order valence-corrected chi connectivity index (χ2v) is 2.92.